The third-order valence-corrected chi connectivity index (χ3v) is 3.71. The summed E-state index contributed by atoms with van der Waals surface area (Å²) in [6.45, 7) is 1.87. The van der Waals surface area contributed by atoms with Gasteiger partial charge >= 0.3 is 0 Å². The molecule has 0 aliphatic rings. The number of nitrogen functional groups attached to an aromatic ring is 1. The van der Waals surface area contributed by atoms with Crippen LogP contribution < -0.4 is 5.73 Å². The Hall–Kier alpha value is -2.28. The largest absolute Gasteiger partial charge is 0.399 e. The Kier molecular flexibility index (Phi) is 3.42. The third-order valence-electron chi connectivity index (χ3n) is 3.11. The van der Waals surface area contributed by atoms with Crippen molar-refractivity contribution in [3.63, 3.8) is 0 Å². The van der Waals surface area contributed by atoms with Gasteiger partial charge in [0, 0.05) is 17.3 Å². The summed E-state index contributed by atoms with van der Waals surface area (Å²) in [5.41, 5.74) is 8.58. The number of tetrazole rings is 1. The molecule has 7 heteroatoms. The van der Waals surface area contributed by atoms with Gasteiger partial charge in [-0.2, -0.15) is 4.68 Å². The molecule has 5 nitrogen and oxygen atoms in total. The number of nitrogens with two attached hydrogens (primary N) is 1. The number of nitrogens with zero attached hydrogens (tertiary/aromatic N) is 4. The summed E-state index contributed by atoms with van der Waals surface area (Å²) in [7, 11) is 0. The Balaban J connectivity index is 2.15. The molecule has 0 spiro atoms. The van der Waals surface area contributed by atoms with Gasteiger partial charge in [0.15, 0.2) is 5.82 Å². The lowest BCUT2D eigenvalue weighted by Crippen LogP contribution is -2.03. The number of anilines is 1. The predicted octanol–water partition coefficient (Wildman–Crippen LogP) is 3.12. The molecular weight excluding hydrogens is 337 g/mol. The van der Waals surface area contributed by atoms with Crippen molar-refractivity contribution in [2.45, 2.75) is 6.92 Å². The number of aryl methyl sites for hydroxylation is 1. The van der Waals surface area contributed by atoms with Gasteiger partial charge in [-0.3, -0.25) is 0 Å². The summed E-state index contributed by atoms with van der Waals surface area (Å²) in [6, 6.07) is 10.3. The highest BCUT2D eigenvalue weighted by Gasteiger charge is 2.14. The van der Waals surface area contributed by atoms with Crippen LogP contribution in [0.2, 0.25) is 0 Å². The van der Waals surface area contributed by atoms with E-state index in [2.05, 4.69) is 31.5 Å². The van der Waals surface area contributed by atoms with Crippen LogP contribution in [0.1, 0.15) is 5.56 Å². The molecule has 1 aromatic heterocycles. The Labute approximate surface area is 128 Å². The molecule has 0 unspecified atom stereocenters. The van der Waals surface area contributed by atoms with Crippen LogP contribution in [0.25, 0.3) is 17.1 Å². The highest BCUT2D eigenvalue weighted by Crippen LogP contribution is 2.26. The van der Waals surface area contributed by atoms with Crippen molar-refractivity contribution in [3.8, 4) is 17.1 Å². The molecule has 1 heterocycles. The van der Waals surface area contributed by atoms with Crippen LogP contribution in [-0.2, 0) is 0 Å². The minimum atomic E-state index is -0.366. The maximum Gasteiger partial charge on any atom is 0.187 e. The lowest BCUT2D eigenvalue weighted by molar-refractivity contribution is 0.617. The fraction of sp³-hybridized carbons (Fsp3) is 0.0714. The second kappa shape index (κ2) is 5.25. The highest BCUT2D eigenvalue weighted by molar-refractivity contribution is 9.10. The third kappa shape index (κ3) is 2.52. The number of benzene rings is 2. The SMILES string of the molecule is Cc1cc(Br)c(F)cc1-n1nnnc1-c1ccc(N)cc1. The van der Waals surface area contributed by atoms with Gasteiger partial charge in [0.05, 0.1) is 10.2 Å². The molecule has 21 heavy (non-hydrogen) atoms. The molecular formula is C14H11BrFN5. The molecule has 0 bridgehead atoms. The minimum absolute atomic E-state index is 0.366. The van der Waals surface area contributed by atoms with Crippen molar-refractivity contribution in [1.29, 1.82) is 0 Å². The van der Waals surface area contributed by atoms with E-state index in [0.29, 0.717) is 21.7 Å². The van der Waals surface area contributed by atoms with Gasteiger partial charge in [0.25, 0.3) is 0 Å². The molecule has 0 atom stereocenters. The molecule has 0 saturated carbocycles. The Morgan fingerprint density at radius 2 is 1.90 bits per heavy atom. The summed E-state index contributed by atoms with van der Waals surface area (Å²) in [5, 5.41) is 11.7. The van der Waals surface area contributed by atoms with Crippen LogP contribution >= 0.6 is 15.9 Å². The van der Waals surface area contributed by atoms with Crippen LogP contribution in [0, 0.1) is 12.7 Å². The molecule has 3 aromatic rings. The molecule has 0 aliphatic heterocycles. The minimum Gasteiger partial charge on any atom is -0.399 e. The summed E-state index contributed by atoms with van der Waals surface area (Å²) in [5.74, 6) is 0.161. The average molecular weight is 348 g/mol. The van der Waals surface area contributed by atoms with E-state index in [4.69, 9.17) is 5.73 Å². The molecule has 106 valence electrons. The smallest absolute Gasteiger partial charge is 0.187 e. The molecule has 0 radical (unpaired) electrons. The molecule has 0 saturated heterocycles. The fourth-order valence-electron chi connectivity index (χ4n) is 2.03. The van der Waals surface area contributed by atoms with Crippen molar-refractivity contribution in [3.05, 3.63) is 52.3 Å². The first kappa shape index (κ1) is 13.7. The normalized spacial score (nSPS) is 10.8. The summed E-state index contributed by atoms with van der Waals surface area (Å²) in [6.07, 6.45) is 0. The quantitative estimate of drug-likeness (QED) is 0.723. The predicted molar refractivity (Wildman–Crippen MR) is 81.4 cm³/mol. The lowest BCUT2D eigenvalue weighted by atomic mass is 10.1. The standard InChI is InChI=1S/C14H11BrFN5/c1-8-6-11(15)12(16)7-13(8)21-14(18-19-20-21)9-2-4-10(17)5-3-9/h2-7H,17H2,1H3. The van der Waals surface area contributed by atoms with Gasteiger partial charge in [0.2, 0.25) is 0 Å². The number of aromatic nitrogens is 4. The van der Waals surface area contributed by atoms with E-state index in [0.717, 1.165) is 11.1 Å². The van der Waals surface area contributed by atoms with Crippen LogP contribution in [0.5, 0.6) is 0 Å². The Bertz CT molecular complexity index is 798. The molecule has 0 amide bonds. The van der Waals surface area contributed by atoms with Gasteiger partial charge < -0.3 is 5.73 Å². The van der Waals surface area contributed by atoms with E-state index in [1.165, 1.54) is 10.7 Å². The summed E-state index contributed by atoms with van der Waals surface area (Å²) >= 11 is 3.17. The van der Waals surface area contributed by atoms with E-state index >= 15 is 0 Å². The van der Waals surface area contributed by atoms with E-state index < -0.39 is 0 Å². The lowest BCUT2D eigenvalue weighted by Gasteiger charge is -2.09. The van der Waals surface area contributed by atoms with Gasteiger partial charge in [-0.05, 0) is 69.2 Å². The molecule has 0 fully saturated rings. The van der Waals surface area contributed by atoms with Gasteiger partial charge in [-0.15, -0.1) is 5.10 Å². The first-order valence-electron chi connectivity index (χ1n) is 6.16. The Morgan fingerprint density at radius 1 is 1.19 bits per heavy atom. The molecule has 3 rings (SSSR count). The maximum absolute atomic E-state index is 13.8. The summed E-state index contributed by atoms with van der Waals surface area (Å²) in [4.78, 5) is 0. The van der Waals surface area contributed by atoms with E-state index in [-0.39, 0.29) is 5.82 Å². The molecule has 0 aliphatic carbocycles. The molecule has 2 N–H and O–H groups in total. The first-order chi connectivity index (χ1) is 10.1. The van der Waals surface area contributed by atoms with E-state index in [1.807, 2.05) is 19.1 Å². The van der Waals surface area contributed by atoms with E-state index in [9.17, 15) is 4.39 Å². The van der Waals surface area contributed by atoms with Crippen molar-refractivity contribution >= 4 is 21.6 Å². The zero-order valence-electron chi connectivity index (χ0n) is 11.1. The van der Waals surface area contributed by atoms with Crippen molar-refractivity contribution in [2.75, 3.05) is 5.73 Å². The van der Waals surface area contributed by atoms with Crippen LogP contribution in [0.3, 0.4) is 0 Å². The zero-order valence-corrected chi connectivity index (χ0v) is 12.7. The van der Waals surface area contributed by atoms with Crippen molar-refractivity contribution in [1.82, 2.24) is 20.2 Å². The summed E-state index contributed by atoms with van der Waals surface area (Å²) < 4.78 is 15.7. The fourth-order valence-corrected chi connectivity index (χ4v) is 2.48. The van der Waals surface area contributed by atoms with Crippen LogP contribution in [-0.4, -0.2) is 20.2 Å². The van der Waals surface area contributed by atoms with Crippen molar-refractivity contribution in [2.24, 2.45) is 0 Å². The number of hydrogen-bond donors (Lipinski definition) is 1. The Morgan fingerprint density at radius 3 is 2.62 bits per heavy atom. The number of hydrogen-bond acceptors (Lipinski definition) is 4. The maximum atomic E-state index is 13.8. The zero-order chi connectivity index (χ0) is 15.0. The average Bonchev–Trinajstić information content (AvgIpc) is 2.93. The highest BCUT2D eigenvalue weighted by atomic mass is 79.9. The van der Waals surface area contributed by atoms with Crippen LogP contribution in [0.15, 0.2) is 40.9 Å². The van der Waals surface area contributed by atoms with Crippen molar-refractivity contribution < 1.29 is 4.39 Å². The van der Waals surface area contributed by atoms with Gasteiger partial charge in [-0.1, -0.05) is 0 Å². The number of halogens is 2. The number of rotatable bonds is 2. The second-order valence-corrected chi connectivity index (χ2v) is 5.44. The van der Waals surface area contributed by atoms with Crippen LogP contribution in [0.4, 0.5) is 10.1 Å². The molecule has 2 aromatic carbocycles. The van der Waals surface area contributed by atoms with Gasteiger partial charge in [0.1, 0.15) is 5.82 Å². The van der Waals surface area contributed by atoms with Gasteiger partial charge in [-0.25, -0.2) is 4.39 Å². The first-order valence-corrected chi connectivity index (χ1v) is 6.96. The second-order valence-electron chi connectivity index (χ2n) is 4.59. The topological polar surface area (TPSA) is 69.6 Å². The van der Waals surface area contributed by atoms with E-state index in [1.54, 1.807) is 18.2 Å². The monoisotopic (exact) mass is 347 g/mol.